The van der Waals surface area contributed by atoms with Gasteiger partial charge in [0.15, 0.2) is 6.61 Å². The van der Waals surface area contributed by atoms with Crippen molar-refractivity contribution in [1.29, 1.82) is 0 Å². The Bertz CT molecular complexity index is 831. The number of nitrogens with one attached hydrogen (secondary N) is 1. The standard InChI is InChI=1S/C20H21NO6/c1-24-15-6-4-5-14(11-15)7-10-20(23)27-13-19(22)21-17-9-8-16(25-2)12-18(17)26-3/h4-12H,13H2,1-3H3,(H,21,22). The number of ether oxygens (including phenoxy) is 4. The molecule has 0 aliphatic carbocycles. The van der Waals surface area contributed by atoms with Crippen LogP contribution in [0.5, 0.6) is 17.2 Å². The van der Waals surface area contributed by atoms with Gasteiger partial charge in [-0.25, -0.2) is 4.79 Å². The average Bonchev–Trinajstić information content (AvgIpc) is 2.71. The van der Waals surface area contributed by atoms with Crippen molar-refractivity contribution in [3.05, 3.63) is 54.1 Å². The van der Waals surface area contributed by atoms with Crippen molar-refractivity contribution in [3.63, 3.8) is 0 Å². The molecule has 2 aromatic rings. The first-order valence-corrected chi connectivity index (χ1v) is 8.06. The van der Waals surface area contributed by atoms with Crippen LogP contribution in [0.1, 0.15) is 5.56 Å². The maximum absolute atomic E-state index is 12.0. The number of carbonyl (C=O) groups excluding carboxylic acids is 2. The Morgan fingerprint density at radius 3 is 2.41 bits per heavy atom. The molecule has 7 heteroatoms. The van der Waals surface area contributed by atoms with E-state index in [1.54, 1.807) is 49.6 Å². The van der Waals surface area contributed by atoms with Crippen LogP contribution in [0, 0.1) is 0 Å². The quantitative estimate of drug-likeness (QED) is 0.567. The van der Waals surface area contributed by atoms with E-state index >= 15 is 0 Å². The Kier molecular flexibility index (Phi) is 7.25. The molecule has 0 atom stereocenters. The van der Waals surface area contributed by atoms with Gasteiger partial charge in [-0.2, -0.15) is 0 Å². The van der Waals surface area contributed by atoms with E-state index in [1.807, 2.05) is 6.07 Å². The fraction of sp³-hybridized carbons (Fsp3) is 0.200. The first-order valence-electron chi connectivity index (χ1n) is 8.06. The van der Waals surface area contributed by atoms with Crippen LogP contribution in [0.3, 0.4) is 0 Å². The number of methoxy groups -OCH3 is 3. The molecule has 0 unspecified atom stereocenters. The maximum atomic E-state index is 12.0. The third-order valence-electron chi connectivity index (χ3n) is 3.53. The van der Waals surface area contributed by atoms with Gasteiger partial charge in [0.2, 0.25) is 0 Å². The summed E-state index contributed by atoms with van der Waals surface area (Å²) in [6.07, 6.45) is 2.82. The van der Waals surface area contributed by atoms with Crippen molar-refractivity contribution in [1.82, 2.24) is 0 Å². The third-order valence-corrected chi connectivity index (χ3v) is 3.53. The van der Waals surface area contributed by atoms with E-state index in [1.165, 1.54) is 20.3 Å². The lowest BCUT2D eigenvalue weighted by Crippen LogP contribution is -2.20. The second-order valence-electron chi connectivity index (χ2n) is 5.33. The summed E-state index contributed by atoms with van der Waals surface area (Å²) in [6, 6.07) is 12.1. The Morgan fingerprint density at radius 2 is 1.70 bits per heavy atom. The first-order chi connectivity index (χ1) is 13.0. The number of rotatable bonds is 8. The van der Waals surface area contributed by atoms with Gasteiger partial charge in [-0.1, -0.05) is 12.1 Å². The molecule has 1 amide bonds. The molecule has 0 aromatic heterocycles. The van der Waals surface area contributed by atoms with Crippen LogP contribution >= 0.6 is 0 Å². The summed E-state index contributed by atoms with van der Waals surface area (Å²) in [5.41, 5.74) is 1.23. The summed E-state index contributed by atoms with van der Waals surface area (Å²) < 4.78 is 20.3. The topological polar surface area (TPSA) is 83.1 Å². The molecule has 0 heterocycles. The third kappa shape index (κ3) is 6.07. The summed E-state index contributed by atoms with van der Waals surface area (Å²) in [7, 11) is 4.58. The number of hydrogen-bond acceptors (Lipinski definition) is 6. The van der Waals surface area contributed by atoms with Gasteiger partial charge < -0.3 is 24.3 Å². The van der Waals surface area contributed by atoms with E-state index in [0.717, 1.165) is 5.56 Å². The lowest BCUT2D eigenvalue weighted by Gasteiger charge is -2.11. The number of hydrogen-bond donors (Lipinski definition) is 1. The van der Waals surface area contributed by atoms with E-state index in [4.69, 9.17) is 18.9 Å². The Labute approximate surface area is 157 Å². The van der Waals surface area contributed by atoms with Crippen molar-refractivity contribution in [2.45, 2.75) is 0 Å². The summed E-state index contributed by atoms with van der Waals surface area (Å²) >= 11 is 0. The second kappa shape index (κ2) is 9.86. The van der Waals surface area contributed by atoms with E-state index in [-0.39, 0.29) is 0 Å². The predicted octanol–water partition coefficient (Wildman–Crippen LogP) is 2.91. The molecule has 0 radical (unpaired) electrons. The number of amides is 1. The molecule has 0 fully saturated rings. The summed E-state index contributed by atoms with van der Waals surface area (Å²) in [5.74, 6) is 0.598. The Balaban J connectivity index is 1.87. The lowest BCUT2D eigenvalue weighted by molar-refractivity contribution is -0.142. The van der Waals surface area contributed by atoms with Gasteiger partial charge in [-0.3, -0.25) is 4.79 Å². The van der Waals surface area contributed by atoms with Gasteiger partial charge in [0.1, 0.15) is 17.2 Å². The highest BCUT2D eigenvalue weighted by atomic mass is 16.5. The molecule has 0 saturated carbocycles. The molecule has 0 aliphatic heterocycles. The highest BCUT2D eigenvalue weighted by Crippen LogP contribution is 2.28. The molecule has 142 valence electrons. The van der Waals surface area contributed by atoms with Crippen LogP contribution in [0.4, 0.5) is 5.69 Å². The van der Waals surface area contributed by atoms with Crippen LogP contribution in [0.25, 0.3) is 6.08 Å². The van der Waals surface area contributed by atoms with Gasteiger partial charge in [0.05, 0.1) is 27.0 Å². The minimum atomic E-state index is -0.630. The van der Waals surface area contributed by atoms with Gasteiger partial charge in [-0.05, 0) is 35.9 Å². The van der Waals surface area contributed by atoms with Crippen molar-refractivity contribution >= 4 is 23.6 Å². The maximum Gasteiger partial charge on any atom is 0.331 e. The van der Waals surface area contributed by atoms with Crippen LogP contribution in [0.15, 0.2) is 48.5 Å². The molecule has 2 aromatic carbocycles. The minimum Gasteiger partial charge on any atom is -0.497 e. The molecule has 2 rings (SSSR count). The minimum absolute atomic E-state index is 0.420. The van der Waals surface area contributed by atoms with Crippen molar-refractivity contribution in [2.75, 3.05) is 33.3 Å². The fourth-order valence-electron chi connectivity index (χ4n) is 2.18. The van der Waals surface area contributed by atoms with Crippen LogP contribution < -0.4 is 19.5 Å². The van der Waals surface area contributed by atoms with Crippen molar-refractivity contribution in [2.24, 2.45) is 0 Å². The smallest absolute Gasteiger partial charge is 0.331 e. The molecule has 0 bridgehead atoms. The zero-order valence-electron chi connectivity index (χ0n) is 15.4. The Morgan fingerprint density at radius 1 is 0.963 bits per heavy atom. The van der Waals surface area contributed by atoms with Crippen molar-refractivity contribution in [3.8, 4) is 17.2 Å². The zero-order valence-corrected chi connectivity index (χ0v) is 15.4. The molecule has 1 N–H and O–H groups in total. The van der Waals surface area contributed by atoms with Crippen LogP contribution in [-0.2, 0) is 14.3 Å². The highest BCUT2D eigenvalue weighted by molar-refractivity contribution is 5.95. The highest BCUT2D eigenvalue weighted by Gasteiger charge is 2.10. The normalized spacial score (nSPS) is 10.3. The molecular formula is C20H21NO6. The van der Waals surface area contributed by atoms with Gasteiger partial charge in [0, 0.05) is 12.1 Å². The molecule has 7 nitrogen and oxygen atoms in total. The number of esters is 1. The summed E-state index contributed by atoms with van der Waals surface area (Å²) in [5, 5.41) is 2.62. The fourth-order valence-corrected chi connectivity index (χ4v) is 2.18. The van der Waals surface area contributed by atoms with E-state index in [9.17, 15) is 9.59 Å². The average molecular weight is 371 g/mol. The largest absolute Gasteiger partial charge is 0.497 e. The lowest BCUT2D eigenvalue weighted by atomic mass is 10.2. The van der Waals surface area contributed by atoms with Crippen LogP contribution in [0.2, 0.25) is 0 Å². The second-order valence-corrected chi connectivity index (χ2v) is 5.33. The molecule has 0 spiro atoms. The monoisotopic (exact) mass is 371 g/mol. The Hall–Kier alpha value is -3.48. The first kappa shape index (κ1) is 19.8. The van der Waals surface area contributed by atoms with Crippen LogP contribution in [-0.4, -0.2) is 39.8 Å². The van der Waals surface area contributed by atoms with Gasteiger partial charge in [-0.15, -0.1) is 0 Å². The zero-order chi connectivity index (χ0) is 19.6. The molecular weight excluding hydrogens is 350 g/mol. The van der Waals surface area contributed by atoms with E-state index in [2.05, 4.69) is 5.32 Å². The molecule has 0 aliphatic rings. The SMILES string of the molecule is COc1cccc(C=CC(=O)OCC(=O)Nc2ccc(OC)cc2OC)c1. The number of benzene rings is 2. The van der Waals surface area contributed by atoms with Gasteiger partial charge >= 0.3 is 5.97 Å². The van der Waals surface area contributed by atoms with Crippen molar-refractivity contribution < 1.29 is 28.5 Å². The van der Waals surface area contributed by atoms with E-state index in [0.29, 0.717) is 22.9 Å². The summed E-state index contributed by atoms with van der Waals surface area (Å²) in [4.78, 5) is 23.8. The van der Waals surface area contributed by atoms with Gasteiger partial charge in [0.25, 0.3) is 5.91 Å². The van der Waals surface area contributed by atoms with E-state index < -0.39 is 18.5 Å². The molecule has 0 saturated heterocycles. The molecule has 27 heavy (non-hydrogen) atoms. The predicted molar refractivity (Wildman–Crippen MR) is 101 cm³/mol. The summed E-state index contributed by atoms with van der Waals surface area (Å²) in [6.45, 7) is -0.420. The number of anilines is 1. The number of carbonyl (C=O) groups is 2.